The Bertz CT molecular complexity index is 1000. The zero-order valence-corrected chi connectivity index (χ0v) is 17.1. The van der Waals surface area contributed by atoms with Crippen LogP contribution in [0.4, 0.5) is 0 Å². The van der Waals surface area contributed by atoms with E-state index < -0.39 is 18.7 Å². The van der Waals surface area contributed by atoms with E-state index in [0.29, 0.717) is 21.9 Å². The number of esters is 1. The van der Waals surface area contributed by atoms with Crippen LogP contribution in [0, 0.1) is 6.92 Å². The molecule has 0 aliphatic rings. The van der Waals surface area contributed by atoms with E-state index in [-0.39, 0.29) is 10.8 Å². The third-order valence-corrected chi connectivity index (χ3v) is 4.70. The first-order valence-corrected chi connectivity index (χ1v) is 9.63. The molecule has 0 spiro atoms. The number of carbonyl (C=O) groups is 2. The molecule has 3 aromatic carbocycles. The molecule has 0 amide bonds. The van der Waals surface area contributed by atoms with Crippen LogP contribution in [-0.2, 0) is 9.53 Å². The number of ether oxygens (including phenoxy) is 2. The number of hydrogen-bond acceptors (Lipinski definition) is 4. The van der Waals surface area contributed by atoms with Crippen molar-refractivity contribution in [2.75, 3.05) is 6.61 Å². The topological polar surface area (TPSA) is 52.6 Å². The number of carbonyl (C=O) groups excluding carboxylic acids is 2. The predicted octanol–water partition coefficient (Wildman–Crippen LogP) is 5.85. The summed E-state index contributed by atoms with van der Waals surface area (Å²) in [5.74, 6) is -0.700. The molecule has 1 atom stereocenters. The van der Waals surface area contributed by atoms with Crippen molar-refractivity contribution in [1.82, 2.24) is 0 Å². The van der Waals surface area contributed by atoms with E-state index >= 15 is 0 Å². The number of rotatable bonds is 7. The molecule has 0 bridgehead atoms. The first kappa shape index (κ1) is 20.9. The van der Waals surface area contributed by atoms with E-state index in [2.05, 4.69) is 0 Å². The number of Topliss-reactive ketones (excluding diaryl/α,β-unsaturated/α-hetero) is 1. The molecule has 0 saturated carbocycles. The molecular weight excluding hydrogens is 411 g/mol. The Labute approximate surface area is 179 Å². The molecule has 3 aromatic rings. The van der Waals surface area contributed by atoms with Gasteiger partial charge in [-0.1, -0.05) is 83.4 Å². The maximum Gasteiger partial charge on any atom is 0.345 e. The molecule has 0 aromatic heterocycles. The number of hydrogen-bond donors (Lipinski definition) is 0. The summed E-state index contributed by atoms with van der Waals surface area (Å²) >= 11 is 11.9. The average molecular weight is 429 g/mol. The molecule has 0 unspecified atom stereocenters. The predicted molar refractivity (Wildman–Crippen MR) is 113 cm³/mol. The van der Waals surface area contributed by atoms with Crippen LogP contribution in [0.3, 0.4) is 0 Å². The van der Waals surface area contributed by atoms with Gasteiger partial charge in [0.15, 0.2) is 12.7 Å². The van der Waals surface area contributed by atoms with Gasteiger partial charge in [0.05, 0.1) is 5.02 Å². The third-order valence-electron chi connectivity index (χ3n) is 4.17. The van der Waals surface area contributed by atoms with Crippen LogP contribution in [0.15, 0.2) is 72.8 Å². The third kappa shape index (κ3) is 5.59. The summed E-state index contributed by atoms with van der Waals surface area (Å²) in [5, 5.41) is 0.735. The van der Waals surface area contributed by atoms with Crippen molar-refractivity contribution in [3.8, 4) is 5.75 Å². The minimum Gasteiger partial charge on any atom is -0.480 e. The normalized spacial score (nSPS) is 11.6. The Hall–Kier alpha value is -2.82. The highest BCUT2D eigenvalue weighted by molar-refractivity contribution is 6.35. The standard InChI is InChI=1S/C23H18Cl2O4/c1-15-7-9-16(10-8-15)22(27)23(17-5-3-2-4-6-17)29-21(26)14-28-20-12-11-18(24)13-19(20)25/h2-13,23H,14H2,1H3/t23-/m0/s1. The Morgan fingerprint density at radius 1 is 0.931 bits per heavy atom. The maximum absolute atomic E-state index is 13.0. The molecule has 0 heterocycles. The van der Waals surface area contributed by atoms with Crippen LogP contribution in [0.1, 0.15) is 27.6 Å². The second kappa shape index (κ2) is 9.59. The molecule has 6 heteroatoms. The summed E-state index contributed by atoms with van der Waals surface area (Å²) in [6.07, 6.45) is -1.07. The highest BCUT2D eigenvalue weighted by Gasteiger charge is 2.26. The van der Waals surface area contributed by atoms with Crippen LogP contribution in [0.2, 0.25) is 10.0 Å². The van der Waals surface area contributed by atoms with Crippen molar-refractivity contribution >= 4 is 35.0 Å². The van der Waals surface area contributed by atoms with Gasteiger partial charge >= 0.3 is 5.97 Å². The van der Waals surface area contributed by atoms with Crippen LogP contribution in [-0.4, -0.2) is 18.4 Å². The van der Waals surface area contributed by atoms with Crippen LogP contribution < -0.4 is 4.74 Å². The van der Waals surface area contributed by atoms with Crippen molar-refractivity contribution in [3.63, 3.8) is 0 Å². The summed E-state index contributed by atoms with van der Waals surface area (Å²) < 4.78 is 10.9. The smallest absolute Gasteiger partial charge is 0.345 e. The zero-order valence-electron chi connectivity index (χ0n) is 15.6. The second-order valence-corrected chi connectivity index (χ2v) is 7.22. The van der Waals surface area contributed by atoms with Crippen molar-refractivity contribution < 1.29 is 19.1 Å². The molecule has 0 fully saturated rings. The minimum atomic E-state index is -1.07. The molecule has 0 radical (unpaired) electrons. The van der Waals surface area contributed by atoms with Crippen molar-refractivity contribution in [2.24, 2.45) is 0 Å². The fraction of sp³-hybridized carbons (Fsp3) is 0.130. The number of halogens is 2. The fourth-order valence-corrected chi connectivity index (χ4v) is 3.13. The molecular formula is C23H18Cl2O4. The Balaban J connectivity index is 1.75. The molecule has 0 aliphatic carbocycles. The van der Waals surface area contributed by atoms with Gasteiger partial charge in [-0.3, -0.25) is 4.79 Å². The maximum atomic E-state index is 13.0. The van der Waals surface area contributed by atoms with Gasteiger partial charge < -0.3 is 9.47 Å². The molecule has 0 aliphatic heterocycles. The lowest BCUT2D eigenvalue weighted by atomic mass is 9.99. The van der Waals surface area contributed by atoms with E-state index in [9.17, 15) is 9.59 Å². The quantitative estimate of drug-likeness (QED) is 0.349. The summed E-state index contributed by atoms with van der Waals surface area (Å²) in [6, 6.07) is 20.6. The van der Waals surface area contributed by atoms with E-state index in [0.717, 1.165) is 5.56 Å². The van der Waals surface area contributed by atoms with E-state index in [1.165, 1.54) is 6.07 Å². The van der Waals surface area contributed by atoms with Gasteiger partial charge in [0, 0.05) is 16.1 Å². The second-order valence-electron chi connectivity index (χ2n) is 6.37. The van der Waals surface area contributed by atoms with E-state index in [1.54, 1.807) is 48.5 Å². The van der Waals surface area contributed by atoms with Gasteiger partial charge in [-0.2, -0.15) is 0 Å². The van der Waals surface area contributed by atoms with Gasteiger partial charge in [-0.05, 0) is 25.1 Å². The van der Waals surface area contributed by atoms with Crippen molar-refractivity contribution in [2.45, 2.75) is 13.0 Å². The average Bonchev–Trinajstić information content (AvgIpc) is 2.72. The van der Waals surface area contributed by atoms with Gasteiger partial charge in [-0.15, -0.1) is 0 Å². The fourth-order valence-electron chi connectivity index (χ4n) is 2.66. The molecule has 29 heavy (non-hydrogen) atoms. The van der Waals surface area contributed by atoms with Crippen molar-refractivity contribution in [3.05, 3.63) is 99.5 Å². The SMILES string of the molecule is Cc1ccc(C(=O)[C@@H](OC(=O)COc2ccc(Cl)cc2Cl)c2ccccc2)cc1. The molecule has 148 valence electrons. The van der Waals surface area contributed by atoms with Gasteiger partial charge in [-0.25, -0.2) is 4.79 Å². The van der Waals surface area contributed by atoms with Crippen molar-refractivity contribution in [1.29, 1.82) is 0 Å². The summed E-state index contributed by atoms with van der Waals surface area (Å²) in [6.45, 7) is 1.54. The Morgan fingerprint density at radius 2 is 1.62 bits per heavy atom. The molecule has 0 N–H and O–H groups in total. The lowest BCUT2D eigenvalue weighted by Crippen LogP contribution is -2.23. The molecule has 4 nitrogen and oxygen atoms in total. The van der Waals surface area contributed by atoms with Crippen LogP contribution in [0.25, 0.3) is 0 Å². The molecule has 0 saturated heterocycles. The monoisotopic (exact) mass is 428 g/mol. The highest BCUT2D eigenvalue weighted by atomic mass is 35.5. The number of ketones is 1. The van der Waals surface area contributed by atoms with Gasteiger partial charge in [0.1, 0.15) is 5.75 Å². The summed E-state index contributed by atoms with van der Waals surface area (Å²) in [5.41, 5.74) is 2.07. The highest BCUT2D eigenvalue weighted by Crippen LogP contribution is 2.28. The first-order chi connectivity index (χ1) is 13.9. The largest absolute Gasteiger partial charge is 0.480 e. The zero-order chi connectivity index (χ0) is 20.8. The molecule has 3 rings (SSSR count). The Kier molecular flexibility index (Phi) is 6.91. The van der Waals surface area contributed by atoms with Gasteiger partial charge in [0.2, 0.25) is 5.78 Å². The van der Waals surface area contributed by atoms with Crippen LogP contribution >= 0.6 is 23.2 Å². The minimum absolute atomic E-state index is 0.278. The lowest BCUT2D eigenvalue weighted by molar-refractivity contribution is -0.149. The Morgan fingerprint density at radius 3 is 2.28 bits per heavy atom. The lowest BCUT2D eigenvalue weighted by Gasteiger charge is -2.18. The summed E-state index contributed by atoms with van der Waals surface area (Å²) in [7, 11) is 0. The summed E-state index contributed by atoms with van der Waals surface area (Å²) in [4.78, 5) is 25.4. The van der Waals surface area contributed by atoms with Gasteiger partial charge in [0.25, 0.3) is 0 Å². The van der Waals surface area contributed by atoms with E-state index in [1.807, 2.05) is 25.1 Å². The van der Waals surface area contributed by atoms with Crippen LogP contribution in [0.5, 0.6) is 5.75 Å². The number of benzene rings is 3. The van der Waals surface area contributed by atoms with E-state index in [4.69, 9.17) is 32.7 Å². The number of aryl methyl sites for hydroxylation is 1. The first-order valence-electron chi connectivity index (χ1n) is 8.87.